The number of nitrogens with zero attached hydrogens (tertiary/aromatic N) is 2. The van der Waals surface area contributed by atoms with Crippen LogP contribution in [-0.4, -0.2) is 27.4 Å². The molecular weight excluding hydrogens is 300 g/mol. The highest BCUT2D eigenvalue weighted by molar-refractivity contribution is 8.00. The van der Waals surface area contributed by atoms with E-state index in [1.54, 1.807) is 38.1 Å². The lowest BCUT2D eigenvalue weighted by molar-refractivity contribution is -0.142. The number of ether oxygens (including phenoxy) is 1. The van der Waals surface area contributed by atoms with Crippen LogP contribution in [0.15, 0.2) is 46.9 Å². The van der Waals surface area contributed by atoms with Gasteiger partial charge in [-0.05, 0) is 26.0 Å². The van der Waals surface area contributed by atoms with E-state index in [1.807, 2.05) is 6.07 Å². The predicted molar refractivity (Wildman–Crippen MR) is 88.2 cm³/mol. The Balaban J connectivity index is 2.47. The van der Waals surface area contributed by atoms with Crippen LogP contribution in [-0.2, 0) is 16.1 Å². The smallest absolute Gasteiger partial charge is 0.319 e. The molecule has 0 aliphatic rings. The molecule has 2 rings (SSSR count). The van der Waals surface area contributed by atoms with Gasteiger partial charge < -0.3 is 4.74 Å². The van der Waals surface area contributed by atoms with Gasteiger partial charge in [0.25, 0.3) is 5.56 Å². The Kier molecular flexibility index (Phi) is 5.38. The molecule has 1 atom stereocenters. The quantitative estimate of drug-likeness (QED) is 0.355. The Morgan fingerprint density at radius 1 is 1.50 bits per heavy atom. The third-order valence-electron chi connectivity index (χ3n) is 3.04. The number of para-hydroxylation sites is 1. The van der Waals surface area contributed by atoms with Crippen molar-refractivity contribution in [3.8, 4) is 0 Å². The second-order valence-corrected chi connectivity index (χ2v) is 5.94. The van der Waals surface area contributed by atoms with Gasteiger partial charge in [-0.2, -0.15) is 0 Å². The molecule has 0 N–H and O–H groups in total. The average Bonchev–Trinajstić information content (AvgIpc) is 2.51. The fourth-order valence-corrected chi connectivity index (χ4v) is 2.91. The highest BCUT2D eigenvalue weighted by Gasteiger charge is 2.19. The van der Waals surface area contributed by atoms with E-state index in [9.17, 15) is 9.59 Å². The second-order valence-electron chi connectivity index (χ2n) is 4.63. The minimum atomic E-state index is -0.441. The van der Waals surface area contributed by atoms with Gasteiger partial charge in [-0.1, -0.05) is 30.0 Å². The van der Waals surface area contributed by atoms with Crippen LogP contribution in [0.25, 0.3) is 10.9 Å². The molecule has 0 fully saturated rings. The molecule has 5 nitrogen and oxygen atoms in total. The lowest BCUT2D eigenvalue weighted by Crippen LogP contribution is -2.25. The van der Waals surface area contributed by atoms with E-state index >= 15 is 0 Å². The molecule has 1 aromatic heterocycles. The van der Waals surface area contributed by atoms with Crippen LogP contribution in [0.3, 0.4) is 0 Å². The fraction of sp³-hybridized carbons (Fsp3) is 0.312. The van der Waals surface area contributed by atoms with Crippen LogP contribution >= 0.6 is 11.8 Å². The van der Waals surface area contributed by atoms with E-state index in [-0.39, 0.29) is 11.5 Å². The topological polar surface area (TPSA) is 61.2 Å². The number of carbonyl (C=O) groups excluding carboxylic acids is 1. The minimum Gasteiger partial charge on any atom is -0.465 e. The zero-order valence-corrected chi connectivity index (χ0v) is 13.4. The molecule has 1 aromatic carbocycles. The SMILES string of the molecule is C=CCn1c(SC(C)C(=O)OCC)nc2ccccc2c1=O. The Hall–Kier alpha value is -2.08. The number of aromatic nitrogens is 2. The first-order chi connectivity index (χ1) is 10.6. The molecule has 1 unspecified atom stereocenters. The highest BCUT2D eigenvalue weighted by atomic mass is 32.2. The first-order valence-corrected chi connectivity index (χ1v) is 7.90. The maximum absolute atomic E-state index is 12.6. The number of benzene rings is 1. The van der Waals surface area contributed by atoms with E-state index in [4.69, 9.17) is 4.74 Å². The summed E-state index contributed by atoms with van der Waals surface area (Å²) in [6.07, 6.45) is 1.64. The summed E-state index contributed by atoms with van der Waals surface area (Å²) in [7, 11) is 0. The number of thioether (sulfide) groups is 1. The molecule has 116 valence electrons. The van der Waals surface area contributed by atoms with E-state index in [1.165, 1.54) is 16.3 Å². The lowest BCUT2D eigenvalue weighted by atomic mass is 10.2. The summed E-state index contributed by atoms with van der Waals surface area (Å²) in [5.41, 5.74) is 0.482. The molecular formula is C16H18N2O3S. The van der Waals surface area contributed by atoms with Gasteiger partial charge >= 0.3 is 5.97 Å². The largest absolute Gasteiger partial charge is 0.465 e. The molecule has 0 aliphatic heterocycles. The van der Waals surface area contributed by atoms with E-state index in [0.29, 0.717) is 29.2 Å². The summed E-state index contributed by atoms with van der Waals surface area (Å²) in [6.45, 7) is 7.84. The zero-order valence-electron chi connectivity index (χ0n) is 12.6. The number of hydrogen-bond donors (Lipinski definition) is 0. The van der Waals surface area contributed by atoms with Crippen molar-refractivity contribution < 1.29 is 9.53 Å². The molecule has 0 bridgehead atoms. The van der Waals surface area contributed by atoms with Crippen LogP contribution < -0.4 is 5.56 Å². The fourth-order valence-electron chi connectivity index (χ4n) is 1.99. The summed E-state index contributed by atoms with van der Waals surface area (Å²) < 4.78 is 6.52. The van der Waals surface area contributed by atoms with Gasteiger partial charge in [0.05, 0.1) is 17.5 Å². The van der Waals surface area contributed by atoms with Crippen molar-refractivity contribution in [3.05, 3.63) is 47.3 Å². The van der Waals surface area contributed by atoms with Gasteiger partial charge in [-0.25, -0.2) is 4.98 Å². The van der Waals surface area contributed by atoms with Crippen molar-refractivity contribution in [1.29, 1.82) is 0 Å². The molecule has 1 heterocycles. The third kappa shape index (κ3) is 3.39. The van der Waals surface area contributed by atoms with E-state index in [2.05, 4.69) is 11.6 Å². The number of hydrogen-bond acceptors (Lipinski definition) is 5. The monoisotopic (exact) mass is 318 g/mol. The minimum absolute atomic E-state index is 0.135. The summed E-state index contributed by atoms with van der Waals surface area (Å²) in [5, 5.41) is 0.603. The van der Waals surface area contributed by atoms with Crippen molar-refractivity contribution in [3.63, 3.8) is 0 Å². The maximum Gasteiger partial charge on any atom is 0.319 e. The second kappa shape index (κ2) is 7.26. The summed E-state index contributed by atoms with van der Waals surface area (Å²) in [6, 6.07) is 7.16. The molecule has 0 saturated heterocycles. The number of esters is 1. The standard InChI is InChI=1S/C16H18N2O3S/c1-4-10-18-14(19)12-8-6-7-9-13(12)17-16(18)22-11(3)15(20)21-5-2/h4,6-9,11H,1,5,10H2,2-3H3. The van der Waals surface area contributed by atoms with Crippen LogP contribution in [0.2, 0.25) is 0 Å². The molecule has 0 radical (unpaired) electrons. The van der Waals surface area contributed by atoms with Crippen molar-refractivity contribution in [2.45, 2.75) is 30.8 Å². The van der Waals surface area contributed by atoms with Crippen molar-refractivity contribution in [2.75, 3.05) is 6.61 Å². The molecule has 0 amide bonds. The van der Waals surface area contributed by atoms with Gasteiger partial charge in [0.2, 0.25) is 0 Å². The molecule has 0 saturated carbocycles. The zero-order chi connectivity index (χ0) is 16.1. The number of fused-ring (bicyclic) bond motifs is 1. The Morgan fingerprint density at radius 3 is 2.91 bits per heavy atom. The summed E-state index contributed by atoms with van der Waals surface area (Å²) in [4.78, 5) is 28.9. The Bertz CT molecular complexity index is 755. The van der Waals surface area contributed by atoms with E-state index < -0.39 is 5.25 Å². The van der Waals surface area contributed by atoms with Crippen LogP contribution in [0, 0.1) is 0 Å². The maximum atomic E-state index is 12.6. The first kappa shape index (κ1) is 16.3. The van der Waals surface area contributed by atoms with Gasteiger partial charge in [-0.3, -0.25) is 14.2 Å². The van der Waals surface area contributed by atoms with Crippen molar-refractivity contribution in [1.82, 2.24) is 9.55 Å². The third-order valence-corrected chi connectivity index (χ3v) is 4.11. The molecule has 22 heavy (non-hydrogen) atoms. The van der Waals surface area contributed by atoms with E-state index in [0.717, 1.165) is 0 Å². The van der Waals surface area contributed by atoms with Crippen LogP contribution in [0.4, 0.5) is 0 Å². The first-order valence-electron chi connectivity index (χ1n) is 7.02. The molecule has 0 spiro atoms. The number of carbonyl (C=O) groups is 1. The molecule has 6 heteroatoms. The van der Waals surface area contributed by atoms with Crippen LogP contribution in [0.5, 0.6) is 0 Å². The van der Waals surface area contributed by atoms with Crippen molar-refractivity contribution >= 4 is 28.6 Å². The highest BCUT2D eigenvalue weighted by Crippen LogP contribution is 2.23. The normalized spacial score (nSPS) is 12.1. The van der Waals surface area contributed by atoms with Gasteiger partial charge in [-0.15, -0.1) is 6.58 Å². The predicted octanol–water partition coefficient (Wildman–Crippen LogP) is 2.63. The van der Waals surface area contributed by atoms with Gasteiger partial charge in [0, 0.05) is 6.54 Å². The summed E-state index contributed by atoms with van der Waals surface area (Å²) >= 11 is 1.22. The number of rotatable bonds is 6. The lowest BCUT2D eigenvalue weighted by Gasteiger charge is -2.14. The van der Waals surface area contributed by atoms with Crippen LogP contribution in [0.1, 0.15) is 13.8 Å². The van der Waals surface area contributed by atoms with Gasteiger partial charge in [0.15, 0.2) is 5.16 Å². The number of allylic oxidation sites excluding steroid dienone is 1. The van der Waals surface area contributed by atoms with Crippen molar-refractivity contribution in [2.24, 2.45) is 0 Å². The molecule has 0 aliphatic carbocycles. The van der Waals surface area contributed by atoms with Gasteiger partial charge in [0.1, 0.15) is 5.25 Å². The summed E-state index contributed by atoms with van der Waals surface area (Å²) in [5.74, 6) is -0.319. The molecule has 2 aromatic rings. The Morgan fingerprint density at radius 2 is 2.23 bits per heavy atom. The average molecular weight is 318 g/mol. The Labute approximate surface area is 133 Å².